The van der Waals surface area contributed by atoms with Crippen molar-refractivity contribution in [2.75, 3.05) is 7.11 Å². The fourth-order valence-corrected chi connectivity index (χ4v) is 2.77. The fourth-order valence-electron chi connectivity index (χ4n) is 2.39. The lowest BCUT2D eigenvalue weighted by molar-refractivity contribution is 0.136. The first kappa shape index (κ1) is 20.0. The predicted molar refractivity (Wildman–Crippen MR) is 104 cm³/mol. The van der Waals surface area contributed by atoms with E-state index in [2.05, 4.69) is 15.3 Å². The minimum absolute atomic E-state index is 0.0256. The van der Waals surface area contributed by atoms with Crippen LogP contribution in [0.5, 0.6) is 11.5 Å². The lowest BCUT2D eigenvalue weighted by atomic mass is 10.1. The Morgan fingerprint density at radius 2 is 2.07 bits per heavy atom. The summed E-state index contributed by atoms with van der Waals surface area (Å²) in [7, 11) is 1.54. The van der Waals surface area contributed by atoms with Crippen LogP contribution in [0.3, 0.4) is 0 Å². The molecule has 0 radical (unpaired) electrons. The molecule has 2 aromatic carbocycles. The summed E-state index contributed by atoms with van der Waals surface area (Å²) < 4.78 is 37.9. The van der Waals surface area contributed by atoms with Gasteiger partial charge in [0, 0.05) is 5.56 Å². The molecule has 1 heterocycles. The van der Waals surface area contributed by atoms with Crippen LogP contribution in [0, 0.1) is 4.77 Å². The molecule has 10 heteroatoms. The minimum atomic E-state index is -2.81. The molecule has 0 saturated carbocycles. The molecule has 0 amide bonds. The highest BCUT2D eigenvalue weighted by atomic mass is 35.5. The summed E-state index contributed by atoms with van der Waals surface area (Å²) in [5.41, 5.74) is 1.37. The van der Waals surface area contributed by atoms with E-state index in [9.17, 15) is 8.78 Å². The van der Waals surface area contributed by atoms with Crippen LogP contribution in [0.2, 0.25) is 5.02 Å². The Hall–Kier alpha value is -2.78. The van der Waals surface area contributed by atoms with Crippen molar-refractivity contribution in [3.63, 3.8) is 0 Å². The van der Waals surface area contributed by atoms with Gasteiger partial charge in [-0.15, -0.1) is 0 Å². The van der Waals surface area contributed by atoms with Crippen molar-refractivity contribution in [1.82, 2.24) is 14.9 Å². The van der Waals surface area contributed by atoms with Crippen LogP contribution in [0.4, 0.5) is 8.78 Å². The van der Waals surface area contributed by atoms with Gasteiger partial charge in [0.25, 0.3) is 6.43 Å². The molecular weight excluding hydrogens is 410 g/mol. The smallest absolute Gasteiger partial charge is 0.299 e. The van der Waals surface area contributed by atoms with E-state index >= 15 is 0 Å². The van der Waals surface area contributed by atoms with E-state index < -0.39 is 12.2 Å². The maximum absolute atomic E-state index is 13.0. The zero-order chi connectivity index (χ0) is 20.1. The Balaban J connectivity index is 1.84. The molecule has 0 aliphatic heterocycles. The van der Waals surface area contributed by atoms with Gasteiger partial charge in [0.05, 0.1) is 18.3 Å². The summed E-state index contributed by atoms with van der Waals surface area (Å²) in [5.74, 6) is 0.589. The van der Waals surface area contributed by atoms with Crippen LogP contribution in [0.1, 0.15) is 23.4 Å². The lowest BCUT2D eigenvalue weighted by Crippen LogP contribution is -2.02. The van der Waals surface area contributed by atoms with Crippen molar-refractivity contribution in [2.45, 2.75) is 13.0 Å². The number of hydrogen-bond donors (Lipinski definition) is 1. The molecule has 0 atom stereocenters. The number of ether oxygens (including phenoxy) is 2. The van der Waals surface area contributed by atoms with Crippen LogP contribution >= 0.6 is 23.8 Å². The predicted octanol–water partition coefficient (Wildman–Crippen LogP) is 5.00. The molecule has 1 aromatic heterocycles. The Morgan fingerprint density at radius 1 is 1.29 bits per heavy atom. The number of H-pyrrole nitrogens is 1. The normalized spacial score (nSPS) is 11.3. The molecule has 3 aromatic rings. The first-order chi connectivity index (χ1) is 13.5. The van der Waals surface area contributed by atoms with Crippen molar-refractivity contribution in [3.8, 4) is 11.5 Å². The van der Waals surface area contributed by atoms with Crippen LogP contribution in [-0.2, 0) is 6.61 Å². The van der Waals surface area contributed by atoms with Crippen molar-refractivity contribution < 1.29 is 18.3 Å². The van der Waals surface area contributed by atoms with Gasteiger partial charge in [0.1, 0.15) is 18.1 Å². The summed E-state index contributed by atoms with van der Waals surface area (Å²) in [6.45, 7) is 0.196. The first-order valence-corrected chi connectivity index (χ1v) is 8.82. The van der Waals surface area contributed by atoms with Gasteiger partial charge in [-0.05, 0) is 48.1 Å². The molecule has 3 rings (SSSR count). The second-order valence-electron chi connectivity index (χ2n) is 5.53. The van der Waals surface area contributed by atoms with Crippen molar-refractivity contribution in [2.24, 2.45) is 5.10 Å². The number of alkyl halides is 2. The number of hydrogen-bond acceptors (Lipinski definition) is 5. The summed E-state index contributed by atoms with van der Waals surface area (Å²) >= 11 is 11.0. The van der Waals surface area contributed by atoms with E-state index in [1.54, 1.807) is 37.4 Å². The molecule has 0 fully saturated rings. The van der Waals surface area contributed by atoms with Crippen molar-refractivity contribution in [3.05, 3.63) is 69.2 Å². The van der Waals surface area contributed by atoms with Gasteiger partial charge < -0.3 is 9.47 Å². The van der Waals surface area contributed by atoms with Crippen LogP contribution < -0.4 is 9.47 Å². The van der Waals surface area contributed by atoms with Gasteiger partial charge in [0.2, 0.25) is 10.6 Å². The maximum Gasteiger partial charge on any atom is 0.299 e. The number of methoxy groups -OCH3 is 1. The standard InChI is InChI=1S/C18H15ClF2N4O2S/c1-26-14-7-6-11(9-22-25-17(16(20)21)23-24-18(25)28)8-12(14)10-27-15-5-3-2-4-13(15)19/h2-9,16H,10H2,1H3,(H,24,28)/b22-9+. The van der Waals surface area contributed by atoms with Gasteiger partial charge in [-0.25, -0.2) is 13.9 Å². The molecule has 28 heavy (non-hydrogen) atoms. The van der Waals surface area contributed by atoms with Crippen LogP contribution in [0.15, 0.2) is 47.6 Å². The van der Waals surface area contributed by atoms with Gasteiger partial charge in [-0.2, -0.15) is 14.9 Å². The highest BCUT2D eigenvalue weighted by Crippen LogP contribution is 2.26. The Morgan fingerprint density at radius 3 is 2.79 bits per heavy atom. The molecule has 6 nitrogen and oxygen atoms in total. The fraction of sp³-hybridized carbons (Fsp3) is 0.167. The van der Waals surface area contributed by atoms with E-state index in [-0.39, 0.29) is 11.4 Å². The molecule has 0 unspecified atom stereocenters. The van der Waals surface area contributed by atoms with Gasteiger partial charge in [0.15, 0.2) is 0 Å². The number of nitrogens with zero attached hydrogens (tertiary/aromatic N) is 3. The zero-order valence-electron chi connectivity index (χ0n) is 14.6. The van der Waals surface area contributed by atoms with Gasteiger partial charge >= 0.3 is 0 Å². The van der Waals surface area contributed by atoms with E-state index in [4.69, 9.17) is 33.3 Å². The zero-order valence-corrected chi connectivity index (χ0v) is 16.2. The quantitative estimate of drug-likeness (QED) is 0.428. The average molecular weight is 425 g/mol. The van der Waals surface area contributed by atoms with Crippen molar-refractivity contribution in [1.29, 1.82) is 0 Å². The molecule has 0 aliphatic rings. The lowest BCUT2D eigenvalue weighted by Gasteiger charge is -2.12. The highest BCUT2D eigenvalue weighted by Gasteiger charge is 2.16. The van der Waals surface area contributed by atoms with Crippen LogP contribution in [0.25, 0.3) is 0 Å². The van der Waals surface area contributed by atoms with E-state index in [0.717, 1.165) is 10.2 Å². The Labute approximate surface area is 169 Å². The van der Waals surface area contributed by atoms with Crippen molar-refractivity contribution >= 4 is 30.0 Å². The molecule has 0 aliphatic carbocycles. The van der Waals surface area contributed by atoms with E-state index in [0.29, 0.717) is 22.1 Å². The van der Waals surface area contributed by atoms with Gasteiger partial charge in [-0.1, -0.05) is 23.7 Å². The third-order valence-electron chi connectivity index (χ3n) is 3.72. The summed E-state index contributed by atoms with van der Waals surface area (Å²) in [5, 5.41) is 10.3. The highest BCUT2D eigenvalue weighted by molar-refractivity contribution is 7.71. The van der Waals surface area contributed by atoms with E-state index in [1.807, 2.05) is 12.1 Å². The summed E-state index contributed by atoms with van der Waals surface area (Å²) in [6.07, 6.45) is -1.41. The number of aromatic nitrogens is 3. The molecule has 1 N–H and O–H groups in total. The number of benzene rings is 2. The molecule has 0 bridgehead atoms. The third kappa shape index (κ3) is 4.55. The van der Waals surface area contributed by atoms with Gasteiger partial charge in [-0.3, -0.25) is 0 Å². The number of rotatable bonds is 7. The molecule has 0 spiro atoms. The second-order valence-corrected chi connectivity index (χ2v) is 6.33. The van der Waals surface area contributed by atoms with Crippen LogP contribution in [-0.4, -0.2) is 28.2 Å². The molecule has 146 valence electrons. The largest absolute Gasteiger partial charge is 0.496 e. The number of para-hydroxylation sites is 1. The third-order valence-corrected chi connectivity index (χ3v) is 4.29. The average Bonchev–Trinajstić information content (AvgIpc) is 3.06. The number of halogens is 3. The topological polar surface area (TPSA) is 64.4 Å². The Kier molecular flexibility index (Phi) is 6.37. The first-order valence-electron chi connectivity index (χ1n) is 8.03. The summed E-state index contributed by atoms with van der Waals surface area (Å²) in [4.78, 5) is 0. The van der Waals surface area contributed by atoms with E-state index in [1.165, 1.54) is 6.21 Å². The Bertz CT molecular complexity index is 1050. The molecule has 0 saturated heterocycles. The maximum atomic E-state index is 13.0. The monoisotopic (exact) mass is 424 g/mol. The summed E-state index contributed by atoms with van der Waals surface area (Å²) in [6, 6.07) is 12.3. The number of nitrogens with one attached hydrogen (secondary N) is 1. The molecular formula is C18H15ClF2N4O2S. The SMILES string of the molecule is COc1ccc(/C=N/n2c(C(F)F)n[nH]c2=S)cc1COc1ccccc1Cl. The number of aromatic amines is 1. The second kappa shape index (κ2) is 8.94. The minimum Gasteiger partial charge on any atom is -0.496 e.